The van der Waals surface area contributed by atoms with Crippen molar-refractivity contribution in [1.29, 1.82) is 0 Å². The molecule has 0 fully saturated rings. The van der Waals surface area contributed by atoms with Crippen molar-refractivity contribution in [3.63, 3.8) is 0 Å². The highest BCUT2D eigenvalue weighted by atomic mass is 32.2. The van der Waals surface area contributed by atoms with Crippen LogP contribution >= 0.6 is 19.6 Å². The maximum atomic E-state index is 14.7. The SMILES string of the molecule is CSCC[C@H](NC=O)C(=O)N[C@@H](CC(C)C)C(=O)NC(Cc1ccc2ccccc2c1)C(=O)NC(Cc1ccc2ccccc2c1)C(=O)NC(Cc1ccc(OP(=O)(O)O)cc1)C(=O)O. The molecule has 5 amide bonds. The van der Waals surface area contributed by atoms with Crippen molar-refractivity contribution in [3.8, 4) is 5.75 Å². The minimum absolute atomic E-state index is 0.0302. The molecule has 0 bridgehead atoms. The first-order valence-corrected chi connectivity index (χ1v) is 23.9. The van der Waals surface area contributed by atoms with Crippen LogP contribution in [0.5, 0.6) is 5.75 Å². The number of carboxylic acid groups (broad SMARTS) is 1. The predicted molar refractivity (Wildman–Crippen MR) is 249 cm³/mol. The van der Waals surface area contributed by atoms with Gasteiger partial charge >= 0.3 is 13.8 Å². The minimum atomic E-state index is -4.84. The monoisotopic (exact) mass is 927 g/mol. The molecule has 0 spiro atoms. The Morgan fingerprint density at radius 2 is 1.05 bits per heavy atom. The third-order valence-corrected chi connectivity index (χ3v) is 11.6. The fourth-order valence-electron chi connectivity index (χ4n) is 7.28. The number of phosphoric ester groups is 1. The molecule has 5 rings (SSSR count). The quantitative estimate of drug-likeness (QED) is 0.0316. The Morgan fingerprint density at radius 1 is 0.615 bits per heavy atom. The summed E-state index contributed by atoms with van der Waals surface area (Å²) in [4.78, 5) is 98.9. The first kappa shape index (κ1) is 49.8. The number of carbonyl (C=O) groups is 6. The van der Waals surface area contributed by atoms with Gasteiger partial charge in [-0.3, -0.25) is 33.8 Å². The molecule has 0 aliphatic heterocycles. The van der Waals surface area contributed by atoms with Gasteiger partial charge in [0.05, 0.1) is 0 Å². The standard InChI is InChI=1S/C47H54N5O11PS/c1-29(2)22-39(49-43(54)38(48-28-53)20-21-65-3)44(55)50-40(26-31-12-16-33-8-4-6-10-35(33)23-31)45(56)51-41(27-32-13-17-34-9-5-7-11-36(34)24-32)46(57)52-42(47(58)59)25-30-14-18-37(19-15-30)63-64(60,61)62/h4-19,23-24,28-29,38-42H,20-22,25-27H2,1-3H3,(H,48,53)(H,49,54)(H,50,55)(H,51,56)(H,52,57)(H,58,59)(H2,60,61,62)/t38-,39-,40?,41?,42?/m0/s1. The van der Waals surface area contributed by atoms with Crippen LogP contribution in [0.1, 0.15) is 43.4 Å². The van der Waals surface area contributed by atoms with Gasteiger partial charge in [0.2, 0.25) is 30.0 Å². The Hall–Kier alpha value is -6.26. The maximum absolute atomic E-state index is 14.7. The molecular formula is C47H54N5O11PS. The number of nitrogens with one attached hydrogen (secondary N) is 5. The van der Waals surface area contributed by atoms with Crippen molar-refractivity contribution in [3.05, 3.63) is 126 Å². The predicted octanol–water partition coefficient (Wildman–Crippen LogP) is 4.43. The van der Waals surface area contributed by atoms with Gasteiger partial charge in [0.1, 0.15) is 36.0 Å². The average Bonchev–Trinajstić information content (AvgIpc) is 3.26. The Bertz CT molecular complexity index is 2520. The summed E-state index contributed by atoms with van der Waals surface area (Å²) in [5, 5.41) is 27.4. The largest absolute Gasteiger partial charge is 0.524 e. The van der Waals surface area contributed by atoms with E-state index in [0.717, 1.165) is 21.5 Å². The molecule has 65 heavy (non-hydrogen) atoms. The van der Waals surface area contributed by atoms with E-state index in [2.05, 4.69) is 31.1 Å². The molecule has 344 valence electrons. The molecule has 5 aromatic carbocycles. The van der Waals surface area contributed by atoms with Crippen LogP contribution < -0.4 is 31.1 Å². The second kappa shape index (κ2) is 23.6. The van der Waals surface area contributed by atoms with E-state index in [4.69, 9.17) is 9.79 Å². The number of fused-ring (bicyclic) bond motifs is 2. The zero-order chi connectivity index (χ0) is 47.1. The van der Waals surface area contributed by atoms with Crippen LogP contribution in [0.4, 0.5) is 0 Å². The second-order valence-electron chi connectivity index (χ2n) is 16.0. The summed E-state index contributed by atoms with van der Waals surface area (Å²) in [5.74, 6) is -3.86. The van der Waals surface area contributed by atoms with Gasteiger partial charge in [0.25, 0.3) is 0 Å². The van der Waals surface area contributed by atoms with Gasteiger partial charge in [0, 0.05) is 19.3 Å². The lowest BCUT2D eigenvalue weighted by Crippen LogP contribution is -2.59. The number of phosphoric acid groups is 1. The van der Waals surface area contributed by atoms with Crippen molar-refractivity contribution < 1.29 is 52.7 Å². The molecule has 3 unspecified atom stereocenters. The fraction of sp³-hybridized carbons (Fsp3) is 0.319. The summed E-state index contributed by atoms with van der Waals surface area (Å²) >= 11 is 1.49. The Labute approximate surface area is 380 Å². The van der Waals surface area contributed by atoms with Crippen LogP contribution in [0.2, 0.25) is 0 Å². The molecule has 0 saturated heterocycles. The van der Waals surface area contributed by atoms with Crippen molar-refractivity contribution >= 4 is 77.1 Å². The van der Waals surface area contributed by atoms with E-state index in [0.29, 0.717) is 35.3 Å². The molecule has 16 nitrogen and oxygen atoms in total. The van der Waals surface area contributed by atoms with Crippen LogP contribution in [0.15, 0.2) is 109 Å². The molecule has 0 aliphatic rings. The number of hydrogen-bond donors (Lipinski definition) is 8. The summed E-state index contributed by atoms with van der Waals surface area (Å²) in [5.41, 5.74) is 1.72. The third kappa shape index (κ3) is 15.5. The van der Waals surface area contributed by atoms with Crippen LogP contribution in [0.25, 0.3) is 21.5 Å². The normalized spacial score (nSPS) is 13.8. The van der Waals surface area contributed by atoms with E-state index < -0.39 is 67.6 Å². The second-order valence-corrected chi connectivity index (χ2v) is 18.2. The van der Waals surface area contributed by atoms with Gasteiger partial charge in [-0.15, -0.1) is 0 Å². The first-order valence-electron chi connectivity index (χ1n) is 20.9. The molecular weight excluding hydrogens is 874 g/mol. The number of hydrogen-bond acceptors (Lipinski definition) is 9. The molecule has 5 atom stereocenters. The lowest BCUT2D eigenvalue weighted by atomic mass is 9.98. The van der Waals surface area contributed by atoms with Gasteiger partial charge in [-0.2, -0.15) is 11.8 Å². The highest BCUT2D eigenvalue weighted by Gasteiger charge is 2.33. The molecule has 0 aromatic heterocycles. The zero-order valence-corrected chi connectivity index (χ0v) is 37.9. The van der Waals surface area contributed by atoms with Crippen molar-refractivity contribution in [2.75, 3.05) is 12.0 Å². The first-order chi connectivity index (χ1) is 31.0. The van der Waals surface area contributed by atoms with Crippen molar-refractivity contribution in [2.45, 2.75) is 76.2 Å². The third-order valence-electron chi connectivity index (χ3n) is 10.5. The van der Waals surface area contributed by atoms with Crippen molar-refractivity contribution in [1.82, 2.24) is 26.6 Å². The Morgan fingerprint density at radius 3 is 1.51 bits per heavy atom. The molecule has 8 N–H and O–H groups in total. The number of amides is 5. The summed E-state index contributed by atoms with van der Waals surface area (Å²) in [7, 11) is -4.84. The number of carboxylic acids is 1. The molecule has 0 saturated carbocycles. The zero-order valence-electron chi connectivity index (χ0n) is 36.1. The Balaban J connectivity index is 1.46. The average molecular weight is 928 g/mol. The number of rotatable bonds is 24. The fourth-order valence-corrected chi connectivity index (χ4v) is 8.15. The van der Waals surface area contributed by atoms with Crippen LogP contribution in [0.3, 0.4) is 0 Å². The molecule has 0 radical (unpaired) electrons. The number of carbonyl (C=O) groups excluding carboxylic acids is 5. The van der Waals surface area contributed by atoms with Gasteiger partial charge in [-0.25, -0.2) is 9.36 Å². The topological polar surface area (TPSA) is 250 Å². The van der Waals surface area contributed by atoms with Crippen LogP contribution in [0, 0.1) is 5.92 Å². The summed E-state index contributed by atoms with van der Waals surface area (Å²) in [6.07, 6.45) is 2.46. The highest BCUT2D eigenvalue weighted by Crippen LogP contribution is 2.37. The molecule has 5 aromatic rings. The maximum Gasteiger partial charge on any atom is 0.524 e. The van der Waals surface area contributed by atoms with Crippen molar-refractivity contribution in [2.24, 2.45) is 5.92 Å². The number of benzene rings is 5. The van der Waals surface area contributed by atoms with E-state index in [1.165, 1.54) is 36.0 Å². The number of aliphatic carboxylic acids is 1. The van der Waals surface area contributed by atoms with Gasteiger partial charge in [0.15, 0.2) is 0 Å². The van der Waals surface area contributed by atoms with Crippen LogP contribution in [-0.2, 0) is 52.6 Å². The highest BCUT2D eigenvalue weighted by molar-refractivity contribution is 7.98. The molecule has 0 aliphatic carbocycles. The van der Waals surface area contributed by atoms with E-state index in [-0.39, 0.29) is 37.4 Å². The minimum Gasteiger partial charge on any atom is -0.480 e. The number of thioether (sulfide) groups is 1. The molecule has 0 heterocycles. The smallest absolute Gasteiger partial charge is 0.480 e. The van der Waals surface area contributed by atoms with E-state index in [1.54, 1.807) is 6.07 Å². The molecule has 18 heteroatoms. The Kier molecular flexibility index (Phi) is 18.1. The summed E-state index contributed by atoms with van der Waals surface area (Å²) < 4.78 is 15.9. The summed E-state index contributed by atoms with van der Waals surface area (Å²) in [6, 6.07) is 25.4. The summed E-state index contributed by atoms with van der Waals surface area (Å²) in [6.45, 7) is 3.74. The van der Waals surface area contributed by atoms with Gasteiger partial charge < -0.3 is 36.2 Å². The van der Waals surface area contributed by atoms with E-state index >= 15 is 0 Å². The van der Waals surface area contributed by atoms with Gasteiger partial charge in [-0.1, -0.05) is 111 Å². The van der Waals surface area contributed by atoms with Gasteiger partial charge in [-0.05, 0) is 81.1 Å². The lowest BCUT2D eigenvalue weighted by Gasteiger charge is -2.27. The van der Waals surface area contributed by atoms with E-state index in [1.807, 2.05) is 99.0 Å². The van der Waals surface area contributed by atoms with Crippen LogP contribution in [-0.4, -0.2) is 93.1 Å². The lowest BCUT2D eigenvalue weighted by molar-refractivity contribution is -0.142. The van der Waals surface area contributed by atoms with E-state index in [9.17, 15) is 38.4 Å².